The van der Waals surface area contributed by atoms with Gasteiger partial charge in [-0.15, -0.1) is 10.2 Å². The maximum Gasteiger partial charge on any atom is 0.255 e. The van der Waals surface area contributed by atoms with E-state index in [9.17, 15) is 9.18 Å². The van der Waals surface area contributed by atoms with E-state index in [2.05, 4.69) is 15.5 Å². The van der Waals surface area contributed by atoms with Crippen molar-refractivity contribution in [1.82, 2.24) is 15.0 Å². The average Bonchev–Trinajstić information content (AvgIpc) is 3.07. The van der Waals surface area contributed by atoms with Gasteiger partial charge in [0.2, 0.25) is 0 Å². The highest BCUT2D eigenvalue weighted by Crippen LogP contribution is 2.20. The Labute approximate surface area is 159 Å². The van der Waals surface area contributed by atoms with Crippen LogP contribution in [0.25, 0.3) is 16.7 Å². The van der Waals surface area contributed by atoms with Gasteiger partial charge in [0.15, 0.2) is 0 Å². The summed E-state index contributed by atoms with van der Waals surface area (Å²) in [6, 6.07) is 16.3. The van der Waals surface area contributed by atoms with E-state index in [1.165, 1.54) is 16.9 Å². The summed E-state index contributed by atoms with van der Waals surface area (Å²) >= 11 is 6.09. The van der Waals surface area contributed by atoms with E-state index in [1.54, 1.807) is 48.5 Å². The Morgan fingerprint density at radius 3 is 2.48 bits per heavy atom. The van der Waals surface area contributed by atoms with Crippen molar-refractivity contribution in [3.63, 3.8) is 0 Å². The topological polar surface area (TPSA) is 59.8 Å². The van der Waals surface area contributed by atoms with Crippen LogP contribution in [0.3, 0.4) is 0 Å². The van der Waals surface area contributed by atoms with Gasteiger partial charge in [-0.2, -0.15) is 4.80 Å². The molecule has 1 aromatic heterocycles. The molecule has 27 heavy (non-hydrogen) atoms. The zero-order valence-electron chi connectivity index (χ0n) is 14.3. The summed E-state index contributed by atoms with van der Waals surface area (Å²) in [4.78, 5) is 13.9. The summed E-state index contributed by atoms with van der Waals surface area (Å²) in [5, 5.41) is 12.1. The van der Waals surface area contributed by atoms with Gasteiger partial charge in [-0.1, -0.05) is 17.7 Å². The normalized spacial score (nSPS) is 10.9. The van der Waals surface area contributed by atoms with E-state index >= 15 is 0 Å². The monoisotopic (exact) mass is 380 g/mol. The highest BCUT2D eigenvalue weighted by Gasteiger charge is 2.10. The number of anilines is 1. The molecule has 0 atom stereocenters. The van der Waals surface area contributed by atoms with Crippen LogP contribution in [-0.2, 0) is 0 Å². The van der Waals surface area contributed by atoms with Crippen LogP contribution in [0, 0.1) is 12.7 Å². The fourth-order valence-corrected chi connectivity index (χ4v) is 2.80. The predicted molar refractivity (Wildman–Crippen MR) is 103 cm³/mol. The smallest absolute Gasteiger partial charge is 0.255 e. The molecule has 5 nitrogen and oxygen atoms in total. The van der Waals surface area contributed by atoms with Gasteiger partial charge < -0.3 is 5.32 Å². The van der Waals surface area contributed by atoms with Crippen molar-refractivity contribution in [2.24, 2.45) is 0 Å². The van der Waals surface area contributed by atoms with Gasteiger partial charge in [0, 0.05) is 16.3 Å². The number of benzene rings is 3. The molecule has 4 rings (SSSR count). The zero-order valence-corrected chi connectivity index (χ0v) is 15.0. The standard InChI is InChI=1S/C20H14ClFN4O/c1-12-2-3-13(10-17(12)21)20(27)23-15-6-9-18-19(11-15)25-26(24-18)16-7-4-14(22)5-8-16/h2-11H,1H3,(H,23,27). The van der Waals surface area contributed by atoms with Crippen molar-refractivity contribution in [1.29, 1.82) is 0 Å². The molecule has 0 fully saturated rings. The second-order valence-corrected chi connectivity index (χ2v) is 6.49. The van der Waals surface area contributed by atoms with Crippen LogP contribution >= 0.6 is 11.6 Å². The first-order valence-corrected chi connectivity index (χ1v) is 8.58. The first-order valence-electron chi connectivity index (χ1n) is 8.20. The van der Waals surface area contributed by atoms with Gasteiger partial charge >= 0.3 is 0 Å². The third-order valence-corrected chi connectivity index (χ3v) is 4.54. The van der Waals surface area contributed by atoms with Crippen LogP contribution in [-0.4, -0.2) is 20.9 Å². The molecule has 134 valence electrons. The lowest BCUT2D eigenvalue weighted by Crippen LogP contribution is -2.11. The minimum absolute atomic E-state index is 0.262. The first-order chi connectivity index (χ1) is 13.0. The molecule has 0 spiro atoms. The lowest BCUT2D eigenvalue weighted by molar-refractivity contribution is 0.102. The molecule has 1 N–H and O–H groups in total. The number of hydrogen-bond donors (Lipinski definition) is 1. The number of carbonyl (C=O) groups excluding carboxylic acids is 1. The molecule has 3 aromatic carbocycles. The number of halogens is 2. The van der Waals surface area contributed by atoms with E-state index in [0.29, 0.717) is 33.0 Å². The highest BCUT2D eigenvalue weighted by molar-refractivity contribution is 6.31. The molecule has 0 saturated heterocycles. The number of nitrogens with one attached hydrogen (secondary N) is 1. The molecule has 0 aliphatic heterocycles. The second-order valence-electron chi connectivity index (χ2n) is 6.09. The van der Waals surface area contributed by atoms with Crippen molar-refractivity contribution < 1.29 is 9.18 Å². The number of hydrogen-bond acceptors (Lipinski definition) is 3. The number of nitrogens with zero attached hydrogens (tertiary/aromatic N) is 3. The number of aryl methyl sites for hydroxylation is 1. The molecule has 1 heterocycles. The zero-order chi connectivity index (χ0) is 19.0. The molecular formula is C20H14ClFN4O. The summed E-state index contributed by atoms with van der Waals surface area (Å²) in [7, 11) is 0. The molecule has 0 aliphatic carbocycles. The molecule has 1 amide bonds. The second kappa shape index (κ2) is 6.81. The Bertz CT molecular complexity index is 1150. The van der Waals surface area contributed by atoms with Crippen LogP contribution < -0.4 is 5.32 Å². The molecule has 0 bridgehead atoms. The van der Waals surface area contributed by atoms with Crippen molar-refractivity contribution in [2.75, 3.05) is 5.32 Å². The SMILES string of the molecule is Cc1ccc(C(=O)Nc2ccc3nn(-c4ccc(F)cc4)nc3c2)cc1Cl. The number of aromatic nitrogens is 3. The number of fused-ring (bicyclic) bond motifs is 1. The maximum absolute atomic E-state index is 13.1. The van der Waals surface area contributed by atoms with E-state index in [0.717, 1.165) is 5.56 Å². The third kappa shape index (κ3) is 3.52. The minimum atomic E-state index is -0.323. The van der Waals surface area contributed by atoms with Crippen molar-refractivity contribution >= 4 is 34.2 Å². The molecule has 0 saturated carbocycles. The highest BCUT2D eigenvalue weighted by atomic mass is 35.5. The van der Waals surface area contributed by atoms with Gasteiger partial charge in [-0.3, -0.25) is 4.79 Å². The molecule has 0 aliphatic rings. The van der Waals surface area contributed by atoms with Crippen molar-refractivity contribution in [2.45, 2.75) is 6.92 Å². The maximum atomic E-state index is 13.1. The van der Waals surface area contributed by atoms with E-state index in [-0.39, 0.29) is 11.7 Å². The molecule has 4 aromatic rings. The lowest BCUT2D eigenvalue weighted by atomic mass is 10.1. The molecule has 0 radical (unpaired) electrons. The Balaban J connectivity index is 1.60. The Kier molecular flexibility index (Phi) is 4.33. The Morgan fingerprint density at radius 2 is 1.74 bits per heavy atom. The minimum Gasteiger partial charge on any atom is -0.322 e. The van der Waals surface area contributed by atoms with Crippen LogP contribution in [0.15, 0.2) is 60.7 Å². The van der Waals surface area contributed by atoms with Crippen molar-refractivity contribution in [3.8, 4) is 5.69 Å². The molecule has 7 heteroatoms. The van der Waals surface area contributed by atoms with Crippen LogP contribution in [0.4, 0.5) is 10.1 Å². The van der Waals surface area contributed by atoms with E-state index in [4.69, 9.17) is 11.6 Å². The Hall–Kier alpha value is -3.25. The lowest BCUT2D eigenvalue weighted by Gasteiger charge is -2.06. The van der Waals surface area contributed by atoms with Gasteiger partial charge in [-0.25, -0.2) is 4.39 Å². The summed E-state index contributed by atoms with van der Waals surface area (Å²) in [6.45, 7) is 1.88. The van der Waals surface area contributed by atoms with Crippen LogP contribution in [0.2, 0.25) is 5.02 Å². The number of rotatable bonds is 3. The first kappa shape index (κ1) is 17.2. The predicted octanol–water partition coefficient (Wildman–Crippen LogP) is 4.77. The third-order valence-electron chi connectivity index (χ3n) is 4.13. The van der Waals surface area contributed by atoms with Gasteiger partial charge in [0.05, 0.1) is 5.69 Å². The fraction of sp³-hybridized carbons (Fsp3) is 0.0500. The molecule has 0 unspecified atom stereocenters. The summed E-state index contributed by atoms with van der Waals surface area (Å²) in [5.41, 5.74) is 3.89. The largest absolute Gasteiger partial charge is 0.322 e. The summed E-state index contributed by atoms with van der Waals surface area (Å²) < 4.78 is 13.1. The van der Waals surface area contributed by atoms with Gasteiger partial charge in [0.25, 0.3) is 5.91 Å². The quantitative estimate of drug-likeness (QED) is 0.556. The van der Waals surface area contributed by atoms with Gasteiger partial charge in [-0.05, 0) is 67.1 Å². The summed E-state index contributed by atoms with van der Waals surface area (Å²) in [5.74, 6) is -0.584. The average molecular weight is 381 g/mol. The number of amides is 1. The summed E-state index contributed by atoms with van der Waals surface area (Å²) in [6.07, 6.45) is 0. The molecular weight excluding hydrogens is 367 g/mol. The van der Waals surface area contributed by atoms with Crippen molar-refractivity contribution in [3.05, 3.63) is 82.6 Å². The number of carbonyl (C=O) groups is 1. The van der Waals surface area contributed by atoms with E-state index < -0.39 is 0 Å². The van der Waals surface area contributed by atoms with E-state index in [1.807, 2.05) is 6.92 Å². The van der Waals surface area contributed by atoms with Gasteiger partial charge in [0.1, 0.15) is 16.9 Å². The fourth-order valence-electron chi connectivity index (χ4n) is 2.62. The Morgan fingerprint density at radius 1 is 1.00 bits per heavy atom. The van der Waals surface area contributed by atoms with Crippen LogP contribution in [0.1, 0.15) is 15.9 Å². The van der Waals surface area contributed by atoms with Crippen LogP contribution in [0.5, 0.6) is 0 Å².